The van der Waals surface area contributed by atoms with E-state index in [1.165, 1.54) is 0 Å². The van der Waals surface area contributed by atoms with Crippen LogP contribution in [0, 0.1) is 0 Å². The van der Waals surface area contributed by atoms with Crippen molar-refractivity contribution in [2.24, 2.45) is 0 Å². The average Bonchev–Trinajstić information content (AvgIpc) is 2.71. The lowest BCUT2D eigenvalue weighted by Gasteiger charge is -2.28. The number of hydrogen-bond donors (Lipinski definition) is 2. The van der Waals surface area contributed by atoms with Gasteiger partial charge in [0.2, 0.25) is 0 Å². The highest BCUT2D eigenvalue weighted by molar-refractivity contribution is 6.37. The molecule has 0 aromatic heterocycles. The number of ether oxygens (including phenoxy) is 2. The maximum atomic E-state index is 12.9. The van der Waals surface area contributed by atoms with Gasteiger partial charge < -0.3 is 20.1 Å². The molecule has 0 bridgehead atoms. The van der Waals surface area contributed by atoms with Crippen LogP contribution in [0.15, 0.2) is 53.7 Å². The summed E-state index contributed by atoms with van der Waals surface area (Å²) in [5.74, 6) is -0.175. The van der Waals surface area contributed by atoms with E-state index in [9.17, 15) is 9.59 Å². The summed E-state index contributed by atoms with van der Waals surface area (Å²) in [5, 5.41) is 5.96. The minimum atomic E-state index is -0.766. The fraction of sp³-hybridized carbons (Fsp3) is 0.273. The van der Waals surface area contributed by atoms with Crippen LogP contribution in [0.4, 0.5) is 4.79 Å². The van der Waals surface area contributed by atoms with Gasteiger partial charge in [0.15, 0.2) is 5.75 Å². The monoisotopic (exact) mass is 448 g/mol. The zero-order valence-electron chi connectivity index (χ0n) is 16.6. The molecule has 0 saturated heterocycles. The minimum Gasteiger partial charge on any atom is -0.490 e. The van der Waals surface area contributed by atoms with E-state index < -0.39 is 18.0 Å². The third-order valence-corrected chi connectivity index (χ3v) is 5.07. The van der Waals surface area contributed by atoms with Crippen LogP contribution in [0.2, 0.25) is 10.0 Å². The molecule has 1 atom stereocenters. The molecule has 3 rings (SSSR count). The number of rotatable bonds is 7. The van der Waals surface area contributed by atoms with Gasteiger partial charge in [-0.1, -0.05) is 60.5 Å². The van der Waals surface area contributed by atoms with Crippen molar-refractivity contribution in [3.05, 3.63) is 74.9 Å². The number of allylic oxidation sites excluding steroid dienone is 1. The van der Waals surface area contributed by atoms with E-state index in [4.69, 9.17) is 32.7 Å². The first-order valence-corrected chi connectivity index (χ1v) is 10.3. The Bertz CT molecular complexity index is 953. The number of amides is 2. The van der Waals surface area contributed by atoms with Crippen LogP contribution in [0.5, 0.6) is 5.75 Å². The molecular weight excluding hydrogens is 427 g/mol. The van der Waals surface area contributed by atoms with Gasteiger partial charge in [0.1, 0.15) is 6.61 Å². The molecule has 1 unspecified atom stereocenters. The average molecular weight is 449 g/mol. The Kier molecular flexibility index (Phi) is 7.24. The smallest absolute Gasteiger partial charge is 0.338 e. The number of urea groups is 1. The van der Waals surface area contributed by atoms with E-state index in [0.29, 0.717) is 33.7 Å². The molecule has 2 N–H and O–H groups in total. The highest BCUT2D eigenvalue weighted by Gasteiger charge is 2.33. The Hall–Kier alpha value is -2.70. The van der Waals surface area contributed by atoms with Crippen LogP contribution in [-0.2, 0) is 16.1 Å². The highest BCUT2D eigenvalue weighted by atomic mass is 35.5. The molecule has 158 valence electrons. The molecule has 0 spiro atoms. The van der Waals surface area contributed by atoms with E-state index in [1.807, 2.05) is 37.3 Å². The van der Waals surface area contributed by atoms with Crippen molar-refractivity contribution in [1.29, 1.82) is 0 Å². The molecule has 2 aromatic carbocycles. The second-order valence-corrected chi connectivity index (χ2v) is 7.61. The maximum Gasteiger partial charge on any atom is 0.338 e. The Morgan fingerprint density at radius 2 is 1.80 bits per heavy atom. The van der Waals surface area contributed by atoms with Crippen molar-refractivity contribution >= 4 is 35.2 Å². The molecule has 0 aliphatic carbocycles. The molecule has 0 fully saturated rings. The van der Waals surface area contributed by atoms with Crippen molar-refractivity contribution in [2.75, 3.05) is 6.61 Å². The summed E-state index contributed by atoms with van der Waals surface area (Å²) >= 11 is 12.7. The quantitative estimate of drug-likeness (QED) is 0.573. The SMILES string of the molecule is CCCOc1c(Cl)cc(C2NC(=O)NC(C)=C2C(=O)OCc2ccccc2)cc1Cl. The molecule has 1 aliphatic rings. The van der Waals surface area contributed by atoms with Crippen LogP contribution >= 0.6 is 23.2 Å². The van der Waals surface area contributed by atoms with Crippen LogP contribution in [-0.4, -0.2) is 18.6 Å². The highest BCUT2D eigenvalue weighted by Crippen LogP contribution is 2.38. The first-order valence-electron chi connectivity index (χ1n) is 9.51. The molecule has 1 heterocycles. The third-order valence-electron chi connectivity index (χ3n) is 4.51. The predicted octanol–water partition coefficient (Wildman–Crippen LogP) is 5.15. The number of esters is 1. The Morgan fingerprint density at radius 1 is 1.13 bits per heavy atom. The first kappa shape index (κ1) is 22.0. The number of hydrogen-bond acceptors (Lipinski definition) is 4. The molecule has 30 heavy (non-hydrogen) atoms. The molecule has 6 nitrogen and oxygen atoms in total. The van der Waals surface area contributed by atoms with Crippen LogP contribution < -0.4 is 15.4 Å². The van der Waals surface area contributed by atoms with Crippen LogP contribution in [0.25, 0.3) is 0 Å². The predicted molar refractivity (Wildman–Crippen MR) is 116 cm³/mol. The lowest BCUT2D eigenvalue weighted by atomic mass is 9.95. The van der Waals surface area contributed by atoms with Crippen LogP contribution in [0.1, 0.15) is 37.4 Å². The Balaban J connectivity index is 1.89. The second kappa shape index (κ2) is 9.87. The van der Waals surface area contributed by atoms with Gasteiger partial charge in [0.25, 0.3) is 0 Å². The van der Waals surface area contributed by atoms with Gasteiger partial charge in [0.05, 0.1) is 28.3 Å². The van der Waals surface area contributed by atoms with Crippen molar-refractivity contribution in [2.45, 2.75) is 32.9 Å². The fourth-order valence-electron chi connectivity index (χ4n) is 3.10. The Labute approximate surface area is 185 Å². The summed E-state index contributed by atoms with van der Waals surface area (Å²) in [5.41, 5.74) is 2.09. The first-order chi connectivity index (χ1) is 14.4. The summed E-state index contributed by atoms with van der Waals surface area (Å²) in [6.07, 6.45) is 0.804. The molecule has 1 aliphatic heterocycles. The van der Waals surface area contributed by atoms with Crippen molar-refractivity contribution in [3.63, 3.8) is 0 Å². The molecular formula is C22H22Cl2N2O4. The molecule has 0 radical (unpaired) electrons. The molecule has 2 amide bonds. The number of halogens is 2. The van der Waals surface area contributed by atoms with Crippen molar-refractivity contribution in [1.82, 2.24) is 10.6 Å². The van der Waals surface area contributed by atoms with E-state index in [1.54, 1.807) is 19.1 Å². The molecule has 8 heteroatoms. The normalized spacial score (nSPS) is 16.0. The standard InChI is InChI=1S/C22H22Cl2N2O4/c1-3-9-29-20-16(23)10-15(11-17(20)24)19-18(13(2)25-22(28)26-19)21(27)30-12-14-7-5-4-6-8-14/h4-8,10-11,19H,3,9,12H2,1-2H3,(H2,25,26,28). The summed E-state index contributed by atoms with van der Waals surface area (Å²) in [6.45, 7) is 4.20. The van der Waals surface area contributed by atoms with E-state index in [2.05, 4.69) is 10.6 Å². The zero-order valence-corrected chi connectivity index (χ0v) is 18.1. The van der Waals surface area contributed by atoms with Gasteiger partial charge in [-0.2, -0.15) is 0 Å². The summed E-state index contributed by atoms with van der Waals surface area (Å²) < 4.78 is 11.1. The van der Waals surface area contributed by atoms with Gasteiger partial charge in [-0.3, -0.25) is 0 Å². The number of carbonyl (C=O) groups is 2. The number of nitrogens with one attached hydrogen (secondary N) is 2. The van der Waals surface area contributed by atoms with Gasteiger partial charge in [0, 0.05) is 5.70 Å². The van der Waals surface area contributed by atoms with Gasteiger partial charge >= 0.3 is 12.0 Å². The summed E-state index contributed by atoms with van der Waals surface area (Å²) in [7, 11) is 0. The van der Waals surface area contributed by atoms with Gasteiger partial charge in [-0.25, -0.2) is 9.59 Å². The third kappa shape index (κ3) is 5.07. The Morgan fingerprint density at radius 3 is 2.43 bits per heavy atom. The van der Waals surface area contributed by atoms with Crippen LogP contribution in [0.3, 0.4) is 0 Å². The summed E-state index contributed by atoms with van der Waals surface area (Å²) in [6, 6.07) is 11.4. The topological polar surface area (TPSA) is 76.7 Å². The van der Waals surface area contributed by atoms with E-state index in [0.717, 1.165) is 12.0 Å². The maximum absolute atomic E-state index is 12.9. The fourth-order valence-corrected chi connectivity index (χ4v) is 3.72. The molecule has 2 aromatic rings. The zero-order chi connectivity index (χ0) is 21.7. The lowest BCUT2D eigenvalue weighted by Crippen LogP contribution is -2.45. The van der Waals surface area contributed by atoms with Crippen molar-refractivity contribution in [3.8, 4) is 5.75 Å². The van der Waals surface area contributed by atoms with E-state index >= 15 is 0 Å². The van der Waals surface area contributed by atoms with Gasteiger partial charge in [-0.05, 0) is 36.6 Å². The minimum absolute atomic E-state index is 0.114. The largest absolute Gasteiger partial charge is 0.490 e. The van der Waals surface area contributed by atoms with Crippen molar-refractivity contribution < 1.29 is 19.1 Å². The van der Waals surface area contributed by atoms with E-state index in [-0.39, 0.29) is 12.2 Å². The second-order valence-electron chi connectivity index (χ2n) is 6.79. The summed E-state index contributed by atoms with van der Waals surface area (Å²) in [4.78, 5) is 25.0. The van der Waals surface area contributed by atoms with Gasteiger partial charge in [-0.15, -0.1) is 0 Å². The number of benzene rings is 2. The lowest BCUT2D eigenvalue weighted by molar-refractivity contribution is -0.140. The molecule has 0 saturated carbocycles. The number of carbonyl (C=O) groups excluding carboxylic acids is 2.